The molecule has 25 heavy (non-hydrogen) atoms. The van der Waals surface area contributed by atoms with Gasteiger partial charge in [0.15, 0.2) is 5.58 Å². The summed E-state index contributed by atoms with van der Waals surface area (Å²) in [6.45, 7) is 0.456. The lowest BCUT2D eigenvalue weighted by molar-refractivity contribution is -0.140. The van der Waals surface area contributed by atoms with Gasteiger partial charge in [0.25, 0.3) is 5.22 Å². The van der Waals surface area contributed by atoms with Crippen LogP contribution in [0.2, 0.25) is 0 Å². The van der Waals surface area contributed by atoms with Crippen LogP contribution in [0.3, 0.4) is 0 Å². The molecule has 0 spiro atoms. The lowest BCUT2D eigenvalue weighted by Crippen LogP contribution is -2.33. The van der Waals surface area contributed by atoms with Crippen molar-refractivity contribution in [2.75, 3.05) is 26.4 Å². The maximum Gasteiger partial charge on any atom is 0.257 e. The Bertz CT molecular complexity index is 936. The van der Waals surface area contributed by atoms with Gasteiger partial charge in [0.1, 0.15) is 5.52 Å². The number of likely N-dealkylation sites (tertiary alicyclic amines) is 1. The SMILES string of the molecule is CN(C)S(=O)(=O)c1ccc2oc(SCC(=O)N3CCCC3=O)nc2c1. The first kappa shape index (κ1) is 17.9. The first-order valence-electron chi connectivity index (χ1n) is 7.58. The van der Waals surface area contributed by atoms with Crippen LogP contribution in [0.1, 0.15) is 12.8 Å². The Morgan fingerprint density at radius 1 is 1.40 bits per heavy atom. The number of hydrogen-bond acceptors (Lipinski definition) is 7. The van der Waals surface area contributed by atoms with E-state index in [2.05, 4.69) is 4.98 Å². The van der Waals surface area contributed by atoms with Crippen LogP contribution in [-0.4, -0.2) is 60.8 Å². The third-order valence-electron chi connectivity index (χ3n) is 3.81. The minimum atomic E-state index is -3.56. The van der Waals surface area contributed by atoms with E-state index in [1.807, 2.05) is 0 Å². The van der Waals surface area contributed by atoms with E-state index >= 15 is 0 Å². The third kappa shape index (κ3) is 3.55. The van der Waals surface area contributed by atoms with Gasteiger partial charge in [0.2, 0.25) is 21.8 Å². The molecule has 0 N–H and O–H groups in total. The molecule has 1 fully saturated rings. The second-order valence-electron chi connectivity index (χ2n) is 5.73. The predicted molar refractivity (Wildman–Crippen MR) is 91.6 cm³/mol. The minimum absolute atomic E-state index is 0.0431. The maximum absolute atomic E-state index is 12.2. The first-order valence-corrected chi connectivity index (χ1v) is 10.0. The average molecular weight is 383 g/mol. The highest BCUT2D eigenvalue weighted by atomic mass is 32.2. The number of hydrogen-bond donors (Lipinski definition) is 0. The van der Waals surface area contributed by atoms with E-state index in [1.54, 1.807) is 0 Å². The fraction of sp³-hybridized carbons (Fsp3) is 0.400. The van der Waals surface area contributed by atoms with Crippen LogP contribution in [0.25, 0.3) is 11.1 Å². The Hall–Kier alpha value is -1.91. The van der Waals surface area contributed by atoms with Crippen molar-refractivity contribution in [2.45, 2.75) is 23.0 Å². The summed E-state index contributed by atoms with van der Waals surface area (Å²) < 4.78 is 31.0. The van der Waals surface area contributed by atoms with Crippen molar-refractivity contribution in [3.05, 3.63) is 18.2 Å². The third-order valence-corrected chi connectivity index (χ3v) is 6.44. The number of aromatic nitrogens is 1. The zero-order valence-electron chi connectivity index (χ0n) is 13.8. The second-order valence-corrected chi connectivity index (χ2v) is 8.81. The summed E-state index contributed by atoms with van der Waals surface area (Å²) >= 11 is 1.08. The van der Waals surface area contributed by atoms with E-state index in [-0.39, 0.29) is 27.7 Å². The predicted octanol–water partition coefficient (Wildman–Crippen LogP) is 1.32. The molecule has 1 aromatic carbocycles. The number of carbonyl (C=O) groups excluding carboxylic acids is 2. The van der Waals surface area contributed by atoms with E-state index in [0.29, 0.717) is 30.5 Å². The summed E-state index contributed by atoms with van der Waals surface area (Å²) in [5, 5.41) is 0.259. The van der Waals surface area contributed by atoms with Gasteiger partial charge in [-0.25, -0.2) is 17.7 Å². The molecule has 1 saturated heterocycles. The topological polar surface area (TPSA) is 101 Å². The van der Waals surface area contributed by atoms with Crippen LogP contribution in [0.5, 0.6) is 0 Å². The normalized spacial score (nSPS) is 15.5. The van der Waals surface area contributed by atoms with Crippen molar-refractivity contribution in [3.63, 3.8) is 0 Å². The van der Waals surface area contributed by atoms with E-state index in [0.717, 1.165) is 16.1 Å². The molecule has 0 aliphatic carbocycles. The zero-order valence-corrected chi connectivity index (χ0v) is 15.4. The van der Waals surface area contributed by atoms with E-state index < -0.39 is 10.0 Å². The molecule has 0 saturated carbocycles. The quantitative estimate of drug-likeness (QED) is 0.718. The van der Waals surface area contributed by atoms with Gasteiger partial charge in [-0.2, -0.15) is 0 Å². The summed E-state index contributed by atoms with van der Waals surface area (Å²) in [5.74, 6) is -0.381. The Balaban J connectivity index is 1.75. The van der Waals surface area contributed by atoms with Gasteiger partial charge in [0, 0.05) is 27.1 Å². The molecule has 2 heterocycles. The van der Waals surface area contributed by atoms with Gasteiger partial charge >= 0.3 is 0 Å². The molecule has 1 aliphatic heterocycles. The Kier molecular flexibility index (Phi) is 4.85. The van der Waals surface area contributed by atoms with Gasteiger partial charge in [-0.05, 0) is 24.6 Å². The molecule has 0 radical (unpaired) electrons. The standard InChI is InChI=1S/C15H17N3O5S2/c1-17(2)25(21,22)10-5-6-12-11(8-10)16-15(23-12)24-9-14(20)18-7-3-4-13(18)19/h5-6,8H,3-4,7,9H2,1-2H3. The summed E-state index contributed by atoms with van der Waals surface area (Å²) in [4.78, 5) is 29.2. The second kappa shape index (κ2) is 6.77. The summed E-state index contributed by atoms with van der Waals surface area (Å²) in [5.41, 5.74) is 0.833. The number of nitrogens with zero attached hydrogens (tertiary/aromatic N) is 3. The van der Waals surface area contributed by atoms with Crippen molar-refractivity contribution in [3.8, 4) is 0 Å². The highest BCUT2D eigenvalue weighted by molar-refractivity contribution is 7.99. The molecule has 0 atom stereocenters. The van der Waals surface area contributed by atoms with E-state index in [9.17, 15) is 18.0 Å². The van der Waals surface area contributed by atoms with Gasteiger partial charge in [-0.3, -0.25) is 14.5 Å². The van der Waals surface area contributed by atoms with Crippen LogP contribution >= 0.6 is 11.8 Å². The number of imide groups is 1. The Labute approximate surface area is 149 Å². The van der Waals surface area contributed by atoms with Crippen molar-refractivity contribution in [2.24, 2.45) is 0 Å². The van der Waals surface area contributed by atoms with Crippen LogP contribution in [-0.2, 0) is 19.6 Å². The molecule has 134 valence electrons. The fourth-order valence-electron chi connectivity index (χ4n) is 2.43. The molecule has 10 heteroatoms. The number of sulfonamides is 1. The fourth-order valence-corrected chi connectivity index (χ4v) is 4.07. The Morgan fingerprint density at radius 3 is 2.80 bits per heavy atom. The van der Waals surface area contributed by atoms with E-state index in [4.69, 9.17) is 4.42 Å². The lowest BCUT2D eigenvalue weighted by Gasteiger charge is -2.11. The van der Waals surface area contributed by atoms with Crippen LogP contribution in [0.15, 0.2) is 32.7 Å². The molecule has 2 aromatic rings. The van der Waals surface area contributed by atoms with Crippen LogP contribution in [0, 0.1) is 0 Å². The van der Waals surface area contributed by atoms with Gasteiger partial charge in [-0.1, -0.05) is 11.8 Å². The zero-order chi connectivity index (χ0) is 18.2. The largest absolute Gasteiger partial charge is 0.431 e. The van der Waals surface area contributed by atoms with Crippen molar-refractivity contribution < 1.29 is 22.4 Å². The molecule has 2 amide bonds. The molecular formula is C15H17N3O5S2. The number of rotatable bonds is 5. The van der Waals surface area contributed by atoms with Gasteiger partial charge in [0.05, 0.1) is 10.6 Å². The number of carbonyl (C=O) groups is 2. The highest BCUT2D eigenvalue weighted by Crippen LogP contribution is 2.26. The van der Waals surface area contributed by atoms with Crippen LogP contribution in [0.4, 0.5) is 0 Å². The van der Waals surface area contributed by atoms with Gasteiger partial charge in [-0.15, -0.1) is 0 Å². The number of fused-ring (bicyclic) bond motifs is 1. The molecular weight excluding hydrogens is 366 g/mol. The molecule has 1 aliphatic rings. The summed E-state index contributed by atoms with van der Waals surface area (Å²) in [6, 6.07) is 4.42. The number of thioether (sulfide) groups is 1. The number of oxazole rings is 1. The van der Waals surface area contributed by atoms with Crippen LogP contribution < -0.4 is 0 Å². The number of amides is 2. The van der Waals surface area contributed by atoms with Gasteiger partial charge < -0.3 is 4.42 Å². The Morgan fingerprint density at radius 2 is 2.16 bits per heavy atom. The average Bonchev–Trinajstić information content (AvgIpc) is 3.17. The molecule has 8 nitrogen and oxygen atoms in total. The first-order chi connectivity index (χ1) is 11.8. The number of benzene rings is 1. The minimum Gasteiger partial charge on any atom is -0.431 e. The molecule has 3 rings (SSSR count). The lowest BCUT2D eigenvalue weighted by atomic mass is 10.3. The van der Waals surface area contributed by atoms with Crippen molar-refractivity contribution in [1.82, 2.24) is 14.2 Å². The summed E-state index contributed by atoms with van der Waals surface area (Å²) in [7, 11) is -0.649. The smallest absolute Gasteiger partial charge is 0.257 e. The molecule has 1 aromatic heterocycles. The molecule has 0 unspecified atom stereocenters. The van der Waals surface area contributed by atoms with Crippen molar-refractivity contribution >= 4 is 44.7 Å². The monoisotopic (exact) mass is 383 g/mol. The van der Waals surface area contributed by atoms with E-state index in [1.165, 1.54) is 37.2 Å². The van der Waals surface area contributed by atoms with Crippen molar-refractivity contribution in [1.29, 1.82) is 0 Å². The summed E-state index contributed by atoms with van der Waals surface area (Å²) in [6.07, 6.45) is 1.10. The maximum atomic E-state index is 12.2. The highest BCUT2D eigenvalue weighted by Gasteiger charge is 2.26. The molecule has 0 bridgehead atoms.